The van der Waals surface area contributed by atoms with Crippen molar-refractivity contribution in [3.63, 3.8) is 0 Å². The van der Waals surface area contributed by atoms with Gasteiger partial charge < -0.3 is 9.80 Å². The van der Waals surface area contributed by atoms with E-state index in [1.807, 2.05) is 0 Å². The van der Waals surface area contributed by atoms with Gasteiger partial charge in [-0.05, 0) is 157 Å². The zero-order valence-electron chi connectivity index (χ0n) is 39.0. The zero-order chi connectivity index (χ0) is 43.7. The summed E-state index contributed by atoms with van der Waals surface area (Å²) in [6, 6.07) is 53.8. The van der Waals surface area contributed by atoms with Gasteiger partial charge in [0.1, 0.15) is 0 Å². The van der Waals surface area contributed by atoms with Crippen LogP contribution in [0.3, 0.4) is 0 Å². The Balaban J connectivity index is 1.31. The fraction of sp³-hybridized carbons (Fsp3) is 0.288. The fourth-order valence-electron chi connectivity index (χ4n) is 11.3. The molecular formula is C59H61BN2. The minimum absolute atomic E-state index is 0.00437. The first-order chi connectivity index (χ1) is 29.3. The number of fused-ring (bicyclic) bond motifs is 5. The molecule has 0 amide bonds. The van der Waals surface area contributed by atoms with E-state index in [1.165, 1.54) is 106 Å². The van der Waals surface area contributed by atoms with Crippen LogP contribution in [0.4, 0.5) is 34.1 Å². The summed E-state index contributed by atoms with van der Waals surface area (Å²) in [4.78, 5) is 5.27. The molecule has 1 aliphatic carbocycles. The molecule has 3 heteroatoms. The highest BCUT2D eigenvalue weighted by atomic mass is 15.2. The van der Waals surface area contributed by atoms with Gasteiger partial charge in [-0.25, -0.2) is 0 Å². The number of rotatable bonds is 4. The lowest BCUT2D eigenvalue weighted by molar-refractivity contribution is 0.403. The van der Waals surface area contributed by atoms with Gasteiger partial charge in [-0.15, -0.1) is 0 Å². The summed E-state index contributed by atoms with van der Waals surface area (Å²) in [7, 11) is 0. The van der Waals surface area contributed by atoms with E-state index in [4.69, 9.17) is 0 Å². The van der Waals surface area contributed by atoms with E-state index in [-0.39, 0.29) is 28.4 Å². The van der Waals surface area contributed by atoms with Crippen molar-refractivity contribution >= 4 is 57.2 Å². The molecule has 0 unspecified atom stereocenters. The third-order valence-electron chi connectivity index (χ3n) is 14.3. The van der Waals surface area contributed by atoms with E-state index >= 15 is 0 Å². The van der Waals surface area contributed by atoms with Crippen molar-refractivity contribution in [2.45, 2.75) is 111 Å². The largest absolute Gasteiger partial charge is 0.311 e. The second-order valence-corrected chi connectivity index (χ2v) is 22.0. The van der Waals surface area contributed by atoms with Gasteiger partial charge in [0.25, 0.3) is 6.71 Å². The topological polar surface area (TPSA) is 6.48 Å². The Morgan fingerprint density at radius 2 is 0.984 bits per heavy atom. The Labute approximate surface area is 371 Å². The molecule has 0 N–H and O–H groups in total. The summed E-state index contributed by atoms with van der Waals surface area (Å²) in [5.74, 6) is 0. The number of hydrogen-bond acceptors (Lipinski definition) is 2. The van der Waals surface area contributed by atoms with Crippen molar-refractivity contribution in [3.05, 3.63) is 173 Å². The minimum atomic E-state index is -0.0295. The van der Waals surface area contributed by atoms with Gasteiger partial charge in [-0.3, -0.25) is 0 Å². The molecule has 0 saturated carbocycles. The van der Waals surface area contributed by atoms with Crippen molar-refractivity contribution in [1.82, 2.24) is 0 Å². The minimum Gasteiger partial charge on any atom is -0.311 e. The number of anilines is 6. The van der Waals surface area contributed by atoms with Crippen LogP contribution in [0.25, 0.3) is 22.3 Å². The van der Waals surface area contributed by atoms with Crippen molar-refractivity contribution in [1.29, 1.82) is 0 Å². The number of aryl methyl sites for hydroxylation is 2. The predicted molar refractivity (Wildman–Crippen MR) is 269 cm³/mol. The van der Waals surface area contributed by atoms with Gasteiger partial charge >= 0.3 is 0 Å². The van der Waals surface area contributed by atoms with Gasteiger partial charge in [0.2, 0.25) is 0 Å². The maximum Gasteiger partial charge on any atom is 0.252 e. The van der Waals surface area contributed by atoms with Crippen LogP contribution >= 0.6 is 0 Å². The molecular weight excluding hydrogens is 747 g/mol. The third kappa shape index (κ3) is 6.37. The second kappa shape index (κ2) is 13.9. The summed E-state index contributed by atoms with van der Waals surface area (Å²) in [6.07, 6.45) is 1.12. The van der Waals surface area contributed by atoms with E-state index in [0.717, 1.165) is 6.42 Å². The molecule has 310 valence electrons. The quantitative estimate of drug-likeness (QED) is 0.163. The Bertz CT molecular complexity index is 2920. The number of benzene rings is 7. The monoisotopic (exact) mass is 808 g/mol. The molecule has 0 fully saturated rings. The molecule has 0 spiro atoms. The third-order valence-corrected chi connectivity index (χ3v) is 14.3. The number of nitrogens with zero attached hydrogens (tertiary/aromatic N) is 2. The van der Waals surface area contributed by atoms with Crippen LogP contribution in [0.15, 0.2) is 140 Å². The Hall–Kier alpha value is -5.80. The number of hydrogen-bond donors (Lipinski definition) is 0. The predicted octanol–water partition coefficient (Wildman–Crippen LogP) is 14.3. The van der Waals surface area contributed by atoms with Crippen LogP contribution in [0.2, 0.25) is 0 Å². The molecule has 7 aromatic rings. The van der Waals surface area contributed by atoms with E-state index in [2.05, 4.69) is 232 Å². The highest BCUT2D eigenvalue weighted by Crippen LogP contribution is 2.53. The van der Waals surface area contributed by atoms with E-state index in [1.54, 1.807) is 0 Å². The first-order valence-corrected chi connectivity index (χ1v) is 22.8. The molecule has 0 bridgehead atoms. The molecule has 62 heavy (non-hydrogen) atoms. The maximum atomic E-state index is 2.64. The van der Waals surface area contributed by atoms with Crippen LogP contribution in [0.5, 0.6) is 0 Å². The molecule has 0 atom stereocenters. The van der Waals surface area contributed by atoms with Gasteiger partial charge in [0.05, 0.1) is 5.69 Å². The molecule has 2 nitrogen and oxygen atoms in total. The second-order valence-electron chi connectivity index (χ2n) is 22.0. The van der Waals surface area contributed by atoms with E-state index in [9.17, 15) is 0 Å². The fourth-order valence-corrected chi connectivity index (χ4v) is 11.3. The first kappa shape index (κ1) is 40.3. The summed E-state index contributed by atoms with van der Waals surface area (Å²) in [5, 5.41) is 0. The summed E-state index contributed by atoms with van der Waals surface area (Å²) in [5.41, 5.74) is 24.9. The lowest BCUT2D eigenvalue weighted by Gasteiger charge is -2.46. The Morgan fingerprint density at radius 1 is 0.452 bits per heavy atom. The van der Waals surface area contributed by atoms with Crippen LogP contribution in [0, 0.1) is 13.8 Å². The average molecular weight is 809 g/mol. The lowest BCUT2D eigenvalue weighted by atomic mass is 9.33. The summed E-state index contributed by atoms with van der Waals surface area (Å²) in [6.45, 7) is 28.5. The van der Waals surface area contributed by atoms with Gasteiger partial charge in [0.15, 0.2) is 0 Å². The van der Waals surface area contributed by atoms with E-state index in [0.29, 0.717) is 0 Å². The van der Waals surface area contributed by atoms with Crippen molar-refractivity contribution < 1.29 is 0 Å². The molecule has 10 rings (SSSR count). The highest BCUT2D eigenvalue weighted by Gasteiger charge is 2.48. The standard InChI is InChI=1S/C59H61BN2/c1-37-29-53-55-54(30-37)62(50-28-25-42(56(3,4)5)32-44(50)40-21-17-14-18-22-40)51-33-43(57(6,7)8)24-26-47(51)60(55)48-34-45-46(59(11,12)36-58(45,9)10)35-52(48)61(53)49-27-23-41(31-38(49)2)39-19-15-13-16-20-39/h13-35H,36H2,1-12H3. The highest BCUT2D eigenvalue weighted by molar-refractivity contribution is 7.00. The van der Waals surface area contributed by atoms with Crippen LogP contribution in [0.1, 0.15) is 109 Å². The SMILES string of the molecule is Cc1cc2c3c(c1)N(c1ccc(C(C)(C)C)cc1-c1ccccc1)c1cc(C(C)(C)C)ccc1B3c1cc3c(cc1N2c1ccc(-c2ccccc2)cc1C)C(C)(C)CC3(C)C. The smallest absolute Gasteiger partial charge is 0.252 e. The molecule has 2 heterocycles. The zero-order valence-corrected chi connectivity index (χ0v) is 39.0. The Kier molecular flexibility index (Phi) is 9.00. The van der Waals surface area contributed by atoms with Crippen LogP contribution in [-0.4, -0.2) is 6.71 Å². The van der Waals surface area contributed by atoms with Crippen LogP contribution < -0.4 is 26.2 Å². The molecule has 3 aliphatic rings. The molecule has 0 saturated heterocycles. The van der Waals surface area contributed by atoms with Gasteiger partial charge in [0, 0.05) is 34.0 Å². The molecule has 7 aromatic carbocycles. The molecule has 0 radical (unpaired) electrons. The van der Waals surface area contributed by atoms with Crippen molar-refractivity contribution in [2.75, 3.05) is 9.80 Å². The van der Waals surface area contributed by atoms with E-state index < -0.39 is 0 Å². The average Bonchev–Trinajstić information content (AvgIpc) is 3.41. The maximum absolute atomic E-state index is 2.64. The normalized spacial score (nSPS) is 15.8. The van der Waals surface area contributed by atoms with Crippen LogP contribution in [-0.2, 0) is 21.7 Å². The van der Waals surface area contributed by atoms with Gasteiger partial charge in [-0.1, -0.05) is 160 Å². The van der Waals surface area contributed by atoms with Crippen molar-refractivity contribution in [3.8, 4) is 22.3 Å². The molecule has 0 aromatic heterocycles. The summed E-state index contributed by atoms with van der Waals surface area (Å²) < 4.78 is 0. The van der Waals surface area contributed by atoms with Crippen molar-refractivity contribution in [2.24, 2.45) is 0 Å². The Morgan fingerprint density at radius 3 is 1.60 bits per heavy atom. The summed E-state index contributed by atoms with van der Waals surface area (Å²) >= 11 is 0. The lowest BCUT2D eigenvalue weighted by Crippen LogP contribution is -2.61. The molecule has 2 aliphatic heterocycles. The van der Waals surface area contributed by atoms with Gasteiger partial charge in [-0.2, -0.15) is 0 Å². The first-order valence-electron chi connectivity index (χ1n) is 22.8.